The van der Waals surface area contributed by atoms with Crippen molar-refractivity contribution in [2.24, 2.45) is 11.3 Å². The van der Waals surface area contributed by atoms with Gasteiger partial charge in [-0.3, -0.25) is 0 Å². The Bertz CT molecular complexity index is 214. The first kappa shape index (κ1) is 12.5. The van der Waals surface area contributed by atoms with Crippen molar-refractivity contribution in [3.63, 3.8) is 0 Å². The zero-order valence-corrected chi connectivity index (χ0v) is 9.88. The lowest BCUT2D eigenvalue weighted by Crippen LogP contribution is -2.23. The van der Waals surface area contributed by atoms with Gasteiger partial charge in [-0.25, -0.2) is 0 Å². The Morgan fingerprint density at radius 1 is 1.47 bits per heavy atom. The van der Waals surface area contributed by atoms with E-state index in [0.717, 1.165) is 38.6 Å². The van der Waals surface area contributed by atoms with Crippen LogP contribution in [-0.4, -0.2) is 26.3 Å². The largest absolute Gasteiger partial charge is 0.381 e. The average Bonchev–Trinajstić information content (AvgIpc) is 2.70. The molecule has 86 valence electrons. The summed E-state index contributed by atoms with van der Waals surface area (Å²) in [5.74, 6) is 0.751. The molecule has 1 atom stereocenters. The van der Waals surface area contributed by atoms with Crippen LogP contribution in [0.2, 0.25) is 0 Å². The molecule has 1 fully saturated rings. The van der Waals surface area contributed by atoms with Crippen LogP contribution in [-0.2, 0) is 4.74 Å². The van der Waals surface area contributed by atoms with Crippen LogP contribution in [0.5, 0.6) is 0 Å². The molecule has 0 aromatic heterocycles. The summed E-state index contributed by atoms with van der Waals surface area (Å²) >= 11 is 0. The maximum atomic E-state index is 8.83. The summed E-state index contributed by atoms with van der Waals surface area (Å²) < 4.78 is 5.31. The number of nitriles is 1. The molecule has 0 radical (unpaired) electrons. The molecule has 0 saturated carbocycles. The predicted octanol–water partition coefficient (Wildman–Crippen LogP) is 1.94. The summed E-state index contributed by atoms with van der Waals surface area (Å²) in [5, 5.41) is 12.2. The topological polar surface area (TPSA) is 45.0 Å². The highest BCUT2D eigenvalue weighted by Crippen LogP contribution is 2.18. The van der Waals surface area contributed by atoms with Crippen molar-refractivity contribution in [1.29, 1.82) is 5.26 Å². The number of nitrogens with one attached hydrogen (secondary N) is 1. The molecule has 0 spiro atoms. The molecule has 1 aliphatic rings. The predicted molar refractivity (Wildman–Crippen MR) is 60.4 cm³/mol. The molecule has 1 aliphatic heterocycles. The Morgan fingerprint density at radius 2 is 2.27 bits per heavy atom. The molecule has 0 aliphatic carbocycles. The molecule has 1 heterocycles. The Morgan fingerprint density at radius 3 is 2.87 bits per heavy atom. The van der Waals surface area contributed by atoms with Gasteiger partial charge in [0.2, 0.25) is 0 Å². The minimum atomic E-state index is -0.191. The molecular weight excluding hydrogens is 188 g/mol. The third kappa shape index (κ3) is 5.15. The first-order chi connectivity index (χ1) is 7.14. The quantitative estimate of drug-likeness (QED) is 0.681. The van der Waals surface area contributed by atoms with Crippen LogP contribution in [0.1, 0.15) is 33.1 Å². The van der Waals surface area contributed by atoms with Crippen LogP contribution in [0.25, 0.3) is 0 Å². The lowest BCUT2D eigenvalue weighted by Gasteiger charge is -2.15. The van der Waals surface area contributed by atoms with Gasteiger partial charge in [0.05, 0.1) is 11.5 Å². The zero-order chi connectivity index (χ0) is 11.1. The van der Waals surface area contributed by atoms with Gasteiger partial charge in [-0.05, 0) is 52.1 Å². The van der Waals surface area contributed by atoms with Gasteiger partial charge in [-0.1, -0.05) is 0 Å². The Hall–Kier alpha value is -0.590. The van der Waals surface area contributed by atoms with Crippen LogP contribution < -0.4 is 5.32 Å². The number of rotatable bonds is 6. The fraction of sp³-hybridized carbons (Fsp3) is 0.917. The maximum Gasteiger partial charge on any atom is 0.0684 e. The van der Waals surface area contributed by atoms with Gasteiger partial charge < -0.3 is 10.1 Å². The Balaban J connectivity index is 1.95. The number of hydrogen-bond donors (Lipinski definition) is 1. The number of nitrogens with zero attached hydrogens (tertiary/aromatic N) is 1. The first-order valence-electron chi connectivity index (χ1n) is 5.84. The van der Waals surface area contributed by atoms with E-state index in [1.165, 1.54) is 12.8 Å². The molecule has 3 nitrogen and oxygen atoms in total. The van der Waals surface area contributed by atoms with E-state index in [0.29, 0.717) is 0 Å². The van der Waals surface area contributed by atoms with Gasteiger partial charge in [0.15, 0.2) is 0 Å². The number of ether oxygens (including phenoxy) is 1. The molecule has 1 rings (SSSR count). The molecule has 1 saturated heterocycles. The first-order valence-corrected chi connectivity index (χ1v) is 5.84. The second-order valence-corrected chi connectivity index (χ2v) is 5.01. The van der Waals surface area contributed by atoms with Crippen molar-refractivity contribution < 1.29 is 4.74 Å². The van der Waals surface area contributed by atoms with Gasteiger partial charge in [0.1, 0.15) is 0 Å². The molecule has 0 bridgehead atoms. The van der Waals surface area contributed by atoms with Gasteiger partial charge in [0.25, 0.3) is 0 Å². The van der Waals surface area contributed by atoms with E-state index in [1.54, 1.807) is 0 Å². The standard InChI is InChI=1S/C12H22N2O/c1-12(2,10-13)5-7-14-6-3-11-4-8-15-9-11/h11,14H,3-9H2,1-2H3. The van der Waals surface area contributed by atoms with E-state index in [1.807, 2.05) is 13.8 Å². The van der Waals surface area contributed by atoms with E-state index in [-0.39, 0.29) is 5.41 Å². The lowest BCUT2D eigenvalue weighted by atomic mass is 9.91. The van der Waals surface area contributed by atoms with Crippen molar-refractivity contribution in [3.8, 4) is 6.07 Å². The van der Waals surface area contributed by atoms with Crippen molar-refractivity contribution in [3.05, 3.63) is 0 Å². The van der Waals surface area contributed by atoms with Crippen LogP contribution in [0.15, 0.2) is 0 Å². The minimum Gasteiger partial charge on any atom is -0.381 e. The van der Waals surface area contributed by atoms with Crippen LogP contribution >= 0.6 is 0 Å². The van der Waals surface area contributed by atoms with Gasteiger partial charge in [-0.15, -0.1) is 0 Å². The second kappa shape index (κ2) is 6.09. The van der Waals surface area contributed by atoms with Crippen LogP contribution in [0.3, 0.4) is 0 Å². The molecule has 0 aromatic carbocycles. The van der Waals surface area contributed by atoms with Crippen molar-refractivity contribution >= 4 is 0 Å². The van der Waals surface area contributed by atoms with E-state index in [2.05, 4.69) is 11.4 Å². The van der Waals surface area contributed by atoms with Gasteiger partial charge in [0, 0.05) is 13.2 Å². The highest BCUT2D eigenvalue weighted by molar-refractivity contribution is 4.91. The molecular formula is C12H22N2O. The molecule has 0 aromatic rings. The maximum absolute atomic E-state index is 8.83. The summed E-state index contributed by atoms with van der Waals surface area (Å²) in [4.78, 5) is 0. The summed E-state index contributed by atoms with van der Waals surface area (Å²) in [6.07, 6.45) is 3.34. The summed E-state index contributed by atoms with van der Waals surface area (Å²) in [6, 6.07) is 2.31. The monoisotopic (exact) mass is 210 g/mol. The summed E-state index contributed by atoms with van der Waals surface area (Å²) in [7, 11) is 0. The average molecular weight is 210 g/mol. The van der Waals surface area contributed by atoms with Crippen LogP contribution in [0.4, 0.5) is 0 Å². The lowest BCUT2D eigenvalue weighted by molar-refractivity contribution is 0.184. The smallest absolute Gasteiger partial charge is 0.0684 e. The van der Waals surface area contributed by atoms with E-state index in [9.17, 15) is 0 Å². The highest BCUT2D eigenvalue weighted by Gasteiger charge is 2.16. The normalized spacial score (nSPS) is 21.5. The fourth-order valence-electron chi connectivity index (χ4n) is 1.70. The molecule has 15 heavy (non-hydrogen) atoms. The zero-order valence-electron chi connectivity index (χ0n) is 9.88. The fourth-order valence-corrected chi connectivity index (χ4v) is 1.70. The summed E-state index contributed by atoms with van der Waals surface area (Å²) in [6.45, 7) is 7.83. The number of hydrogen-bond acceptors (Lipinski definition) is 3. The molecule has 3 heteroatoms. The third-order valence-corrected chi connectivity index (χ3v) is 2.98. The van der Waals surface area contributed by atoms with Gasteiger partial charge in [-0.2, -0.15) is 5.26 Å². The minimum absolute atomic E-state index is 0.191. The van der Waals surface area contributed by atoms with Crippen molar-refractivity contribution in [1.82, 2.24) is 5.32 Å². The van der Waals surface area contributed by atoms with Crippen molar-refractivity contribution in [2.75, 3.05) is 26.3 Å². The van der Waals surface area contributed by atoms with E-state index in [4.69, 9.17) is 10.00 Å². The second-order valence-electron chi connectivity index (χ2n) is 5.01. The Labute approximate surface area is 92.8 Å². The van der Waals surface area contributed by atoms with Gasteiger partial charge >= 0.3 is 0 Å². The van der Waals surface area contributed by atoms with Crippen LogP contribution in [0, 0.1) is 22.7 Å². The van der Waals surface area contributed by atoms with Crippen molar-refractivity contribution in [2.45, 2.75) is 33.1 Å². The highest BCUT2D eigenvalue weighted by atomic mass is 16.5. The van der Waals surface area contributed by atoms with E-state index >= 15 is 0 Å². The third-order valence-electron chi connectivity index (χ3n) is 2.98. The SMILES string of the molecule is CC(C)(C#N)CCNCCC1CCOC1. The Kier molecular flexibility index (Phi) is 5.07. The van der Waals surface area contributed by atoms with E-state index < -0.39 is 0 Å². The summed E-state index contributed by atoms with van der Waals surface area (Å²) in [5.41, 5.74) is -0.191. The molecule has 1 N–H and O–H groups in total. The molecule has 0 amide bonds. The molecule has 1 unspecified atom stereocenters.